The van der Waals surface area contributed by atoms with Crippen molar-refractivity contribution in [2.75, 3.05) is 0 Å². The molecule has 1 unspecified atom stereocenters. The predicted octanol–water partition coefficient (Wildman–Crippen LogP) is 1.12. The van der Waals surface area contributed by atoms with Crippen LogP contribution in [-0.2, 0) is 0 Å². The van der Waals surface area contributed by atoms with E-state index in [0.717, 1.165) is 0 Å². The summed E-state index contributed by atoms with van der Waals surface area (Å²) in [5.41, 5.74) is 0. The number of aliphatic hydroxyl groups excluding tert-OH is 1. The van der Waals surface area contributed by atoms with Crippen LogP contribution in [0.15, 0.2) is 24.3 Å². The lowest BCUT2D eigenvalue weighted by Gasteiger charge is -1.95. The summed E-state index contributed by atoms with van der Waals surface area (Å²) in [6.45, 7) is 0. The van der Waals surface area contributed by atoms with Crippen molar-refractivity contribution in [3.05, 3.63) is 24.3 Å². The third-order valence-electron chi connectivity index (χ3n) is 0.964. The summed E-state index contributed by atoms with van der Waals surface area (Å²) in [4.78, 5) is 0. The van der Waals surface area contributed by atoms with Crippen LogP contribution in [0.25, 0.3) is 0 Å². The molecule has 0 fully saturated rings. The van der Waals surface area contributed by atoms with Crippen molar-refractivity contribution < 1.29 is 5.11 Å². The lowest BCUT2D eigenvalue weighted by molar-refractivity contribution is 0.229. The maximum atomic E-state index is 9.03. The molecular formula is C10H10O. The van der Waals surface area contributed by atoms with Crippen LogP contribution in [0.5, 0.6) is 0 Å². The molecule has 0 bridgehead atoms. The Labute approximate surface area is 67.4 Å². The molecule has 11 heavy (non-hydrogen) atoms. The first-order chi connectivity index (χ1) is 5.31. The van der Waals surface area contributed by atoms with Crippen molar-refractivity contribution in [3.63, 3.8) is 0 Å². The maximum Gasteiger partial charge on any atom is 0.0833 e. The van der Waals surface area contributed by atoms with E-state index in [9.17, 15) is 0 Å². The van der Waals surface area contributed by atoms with E-state index in [1.807, 2.05) is 0 Å². The molecule has 1 atom stereocenters. The van der Waals surface area contributed by atoms with Gasteiger partial charge in [-0.05, 0) is 6.08 Å². The van der Waals surface area contributed by atoms with E-state index in [4.69, 9.17) is 18.0 Å². The smallest absolute Gasteiger partial charge is 0.0833 e. The summed E-state index contributed by atoms with van der Waals surface area (Å²) in [5, 5.41) is 9.03. The molecule has 0 aromatic heterocycles. The highest BCUT2D eigenvalue weighted by Gasteiger charge is 1.91. The van der Waals surface area contributed by atoms with Crippen LogP contribution < -0.4 is 0 Å². The van der Waals surface area contributed by atoms with Crippen LogP contribution in [0.1, 0.15) is 6.42 Å². The van der Waals surface area contributed by atoms with Gasteiger partial charge in [0.25, 0.3) is 0 Å². The van der Waals surface area contributed by atoms with E-state index in [0.29, 0.717) is 6.42 Å². The van der Waals surface area contributed by atoms with E-state index in [1.54, 1.807) is 24.3 Å². The van der Waals surface area contributed by atoms with Crippen LogP contribution in [-0.4, -0.2) is 11.2 Å². The van der Waals surface area contributed by atoms with Crippen LogP contribution in [0.2, 0.25) is 0 Å². The minimum Gasteiger partial charge on any atom is -0.388 e. The first kappa shape index (κ1) is 9.56. The zero-order chi connectivity index (χ0) is 8.53. The summed E-state index contributed by atoms with van der Waals surface area (Å²) in [5.74, 6) is 4.66. The monoisotopic (exact) mass is 146 g/mol. The number of rotatable bonds is 3. The van der Waals surface area contributed by atoms with E-state index in [2.05, 4.69) is 11.8 Å². The largest absolute Gasteiger partial charge is 0.388 e. The van der Waals surface area contributed by atoms with E-state index in [1.165, 1.54) is 0 Å². The number of hydrogen-bond acceptors (Lipinski definition) is 1. The van der Waals surface area contributed by atoms with Crippen LogP contribution in [0, 0.1) is 24.7 Å². The quantitative estimate of drug-likeness (QED) is 0.467. The molecule has 56 valence electrons. The number of terminal acetylenes is 2. The molecular weight excluding hydrogens is 136 g/mol. The molecule has 0 aliphatic heterocycles. The van der Waals surface area contributed by atoms with Gasteiger partial charge >= 0.3 is 0 Å². The van der Waals surface area contributed by atoms with Crippen molar-refractivity contribution in [1.82, 2.24) is 0 Å². The average Bonchev–Trinajstić information content (AvgIpc) is 1.99. The highest BCUT2D eigenvalue weighted by Crippen LogP contribution is 1.91. The van der Waals surface area contributed by atoms with Gasteiger partial charge in [-0.3, -0.25) is 0 Å². The molecule has 0 aliphatic rings. The van der Waals surface area contributed by atoms with Gasteiger partial charge in [0.1, 0.15) is 0 Å². The zero-order valence-corrected chi connectivity index (χ0v) is 6.20. The first-order valence-electron chi connectivity index (χ1n) is 3.22. The Balaban J connectivity index is 3.68. The minimum atomic E-state index is -0.567. The molecule has 0 amide bonds. The van der Waals surface area contributed by atoms with Crippen LogP contribution in [0.4, 0.5) is 0 Å². The second-order valence-electron chi connectivity index (χ2n) is 1.89. The molecule has 0 radical (unpaired) electrons. The fourth-order valence-corrected chi connectivity index (χ4v) is 0.492. The second kappa shape index (κ2) is 6.68. The lowest BCUT2D eigenvalue weighted by Crippen LogP contribution is -1.98. The van der Waals surface area contributed by atoms with Gasteiger partial charge in [0, 0.05) is 6.42 Å². The Morgan fingerprint density at radius 3 is 2.64 bits per heavy atom. The fourth-order valence-electron chi connectivity index (χ4n) is 0.492. The highest BCUT2D eigenvalue weighted by molar-refractivity contribution is 5.16. The van der Waals surface area contributed by atoms with Crippen LogP contribution in [0.3, 0.4) is 0 Å². The Morgan fingerprint density at radius 2 is 2.09 bits per heavy atom. The molecule has 0 heterocycles. The van der Waals surface area contributed by atoms with Gasteiger partial charge in [-0.2, -0.15) is 0 Å². The van der Waals surface area contributed by atoms with E-state index < -0.39 is 6.10 Å². The van der Waals surface area contributed by atoms with Gasteiger partial charge in [-0.1, -0.05) is 24.1 Å². The molecule has 0 aromatic rings. The molecule has 0 aliphatic carbocycles. The predicted molar refractivity (Wildman–Crippen MR) is 46.6 cm³/mol. The topological polar surface area (TPSA) is 20.2 Å². The number of allylic oxidation sites excluding steroid dienone is 3. The van der Waals surface area contributed by atoms with Gasteiger partial charge in [-0.25, -0.2) is 0 Å². The third kappa shape index (κ3) is 6.45. The van der Waals surface area contributed by atoms with Crippen molar-refractivity contribution in [3.8, 4) is 24.7 Å². The third-order valence-corrected chi connectivity index (χ3v) is 0.964. The standard InChI is InChI=1S/C10H10O/c1-3-5-6-7-9-10(11)8-4-2/h1-2,5-7,9-11H,8H2. The normalized spacial score (nSPS) is 13.0. The Morgan fingerprint density at radius 1 is 1.36 bits per heavy atom. The van der Waals surface area contributed by atoms with Gasteiger partial charge in [0.2, 0.25) is 0 Å². The highest BCUT2D eigenvalue weighted by atomic mass is 16.3. The average molecular weight is 146 g/mol. The number of hydrogen-bond donors (Lipinski definition) is 1. The van der Waals surface area contributed by atoms with Crippen LogP contribution >= 0.6 is 0 Å². The number of aliphatic hydroxyl groups is 1. The summed E-state index contributed by atoms with van der Waals surface area (Å²) in [7, 11) is 0. The Hall–Kier alpha value is -1.44. The maximum absolute atomic E-state index is 9.03. The molecule has 0 saturated carbocycles. The van der Waals surface area contributed by atoms with Gasteiger partial charge < -0.3 is 5.11 Å². The Bertz CT molecular complexity index is 222. The molecule has 0 aromatic carbocycles. The van der Waals surface area contributed by atoms with Crippen molar-refractivity contribution in [1.29, 1.82) is 0 Å². The van der Waals surface area contributed by atoms with Crippen molar-refractivity contribution >= 4 is 0 Å². The SMILES string of the molecule is C#CC=CC=CC(O)CC#C. The summed E-state index contributed by atoms with van der Waals surface area (Å²) in [6.07, 6.45) is 16.1. The first-order valence-corrected chi connectivity index (χ1v) is 3.22. The Kier molecular flexibility index (Phi) is 5.80. The second-order valence-corrected chi connectivity index (χ2v) is 1.89. The zero-order valence-electron chi connectivity index (χ0n) is 6.20. The molecule has 0 saturated heterocycles. The molecule has 1 nitrogen and oxygen atoms in total. The fraction of sp³-hybridized carbons (Fsp3) is 0.200. The van der Waals surface area contributed by atoms with Gasteiger partial charge in [-0.15, -0.1) is 18.8 Å². The van der Waals surface area contributed by atoms with E-state index >= 15 is 0 Å². The van der Waals surface area contributed by atoms with Gasteiger partial charge in [0.05, 0.1) is 6.10 Å². The van der Waals surface area contributed by atoms with Crippen molar-refractivity contribution in [2.45, 2.75) is 12.5 Å². The minimum absolute atomic E-state index is 0.334. The van der Waals surface area contributed by atoms with E-state index in [-0.39, 0.29) is 0 Å². The molecule has 1 heteroatoms. The summed E-state index contributed by atoms with van der Waals surface area (Å²) < 4.78 is 0. The summed E-state index contributed by atoms with van der Waals surface area (Å²) >= 11 is 0. The molecule has 0 rings (SSSR count). The van der Waals surface area contributed by atoms with Crippen molar-refractivity contribution in [2.24, 2.45) is 0 Å². The van der Waals surface area contributed by atoms with Gasteiger partial charge in [0.15, 0.2) is 0 Å². The lowest BCUT2D eigenvalue weighted by atomic mass is 10.2. The molecule has 0 spiro atoms. The molecule has 1 N–H and O–H groups in total. The summed E-state index contributed by atoms with van der Waals surface area (Å²) in [6, 6.07) is 0.